The quantitative estimate of drug-likeness (QED) is 0.519. The van der Waals surface area contributed by atoms with E-state index in [0.29, 0.717) is 6.42 Å². The minimum absolute atomic E-state index is 0. The predicted octanol–water partition coefficient (Wildman–Crippen LogP) is -0.559. The van der Waals surface area contributed by atoms with Crippen LogP contribution in [0.2, 0.25) is 0 Å². The van der Waals surface area contributed by atoms with Gasteiger partial charge in [-0.3, -0.25) is 4.79 Å². The molecule has 9 heavy (non-hydrogen) atoms. The molecule has 0 aromatic rings. The molecule has 0 aliphatic carbocycles. The van der Waals surface area contributed by atoms with Gasteiger partial charge in [0.05, 0.1) is 5.92 Å². The monoisotopic (exact) mass is 142 g/mol. The summed E-state index contributed by atoms with van der Waals surface area (Å²) in [7, 11) is 0. The van der Waals surface area contributed by atoms with Gasteiger partial charge in [0.25, 0.3) is 0 Å². The van der Waals surface area contributed by atoms with Crippen molar-refractivity contribution >= 4 is 35.5 Å². The van der Waals surface area contributed by atoms with Crippen LogP contribution in [-0.4, -0.2) is 52.3 Å². The average Bonchev–Trinajstić information content (AvgIpc) is 1.67. The maximum absolute atomic E-state index is 9.98. The van der Waals surface area contributed by atoms with Crippen LogP contribution in [0.15, 0.2) is 0 Å². The third-order valence-electron chi connectivity index (χ3n) is 0.984. The van der Waals surface area contributed by atoms with Gasteiger partial charge in [0.2, 0.25) is 0 Å². The van der Waals surface area contributed by atoms with Crippen LogP contribution in [0.1, 0.15) is 13.3 Å². The number of aliphatic hydroxyl groups excluding tert-OH is 1. The molecule has 0 bridgehead atoms. The molecule has 0 amide bonds. The van der Waals surface area contributed by atoms with Gasteiger partial charge in [0.1, 0.15) is 0 Å². The normalized spacial score (nSPS) is 11.8. The van der Waals surface area contributed by atoms with Gasteiger partial charge in [-0.2, -0.15) is 0 Å². The molecule has 0 radical (unpaired) electrons. The molecule has 4 heteroatoms. The topological polar surface area (TPSA) is 57.5 Å². The van der Waals surface area contributed by atoms with Crippen molar-refractivity contribution < 1.29 is 15.0 Å². The zero-order valence-corrected chi connectivity index (χ0v) is 4.79. The van der Waals surface area contributed by atoms with Crippen molar-refractivity contribution in [3.63, 3.8) is 0 Å². The zero-order chi connectivity index (χ0) is 6.57. The molecule has 0 aromatic heterocycles. The number of carbonyl (C=O) groups is 1. The molecule has 0 aliphatic heterocycles. The first-order chi connectivity index (χ1) is 3.68. The summed E-state index contributed by atoms with van der Waals surface area (Å²) in [6.45, 7) is 1.52. The van der Waals surface area contributed by atoms with E-state index in [0.717, 1.165) is 0 Å². The second-order valence-corrected chi connectivity index (χ2v) is 1.75. The van der Waals surface area contributed by atoms with E-state index in [4.69, 9.17) is 10.2 Å². The van der Waals surface area contributed by atoms with E-state index < -0.39 is 11.9 Å². The number of hydrogen-bond donors (Lipinski definition) is 2. The zero-order valence-electron chi connectivity index (χ0n) is 4.79. The van der Waals surface area contributed by atoms with Crippen LogP contribution in [0.25, 0.3) is 0 Å². The van der Waals surface area contributed by atoms with Gasteiger partial charge in [-0.1, -0.05) is 6.92 Å². The fourth-order valence-corrected chi connectivity index (χ4v) is 0.317. The van der Waals surface area contributed by atoms with Gasteiger partial charge in [-0.15, -0.1) is 0 Å². The van der Waals surface area contributed by atoms with Gasteiger partial charge in [0, 0.05) is 6.61 Å². The van der Waals surface area contributed by atoms with E-state index in [1.54, 1.807) is 6.92 Å². The predicted molar refractivity (Wildman–Crippen MR) is 35.7 cm³/mol. The van der Waals surface area contributed by atoms with Crippen LogP contribution < -0.4 is 0 Å². The number of aliphatic hydroxyl groups is 1. The number of aliphatic carboxylic acids is 1. The van der Waals surface area contributed by atoms with Gasteiger partial charge >= 0.3 is 35.5 Å². The third-order valence-corrected chi connectivity index (χ3v) is 0.984. The molecule has 0 heterocycles. The van der Waals surface area contributed by atoms with E-state index in [1.807, 2.05) is 0 Å². The van der Waals surface area contributed by atoms with Gasteiger partial charge in [-0.05, 0) is 6.42 Å². The van der Waals surface area contributed by atoms with Crippen molar-refractivity contribution in [2.24, 2.45) is 5.92 Å². The average molecular weight is 142 g/mol. The summed E-state index contributed by atoms with van der Waals surface area (Å²) in [5.74, 6) is -1.26. The molecule has 50 valence electrons. The fourth-order valence-electron chi connectivity index (χ4n) is 0.317. The van der Waals surface area contributed by atoms with Crippen molar-refractivity contribution in [3.8, 4) is 0 Å². The Hall–Kier alpha value is 0.430. The Balaban J connectivity index is 0. The summed E-state index contributed by atoms with van der Waals surface area (Å²) in [5.41, 5.74) is 0. The molecule has 0 aliphatic rings. The van der Waals surface area contributed by atoms with Crippen LogP contribution in [0, 0.1) is 5.92 Å². The van der Waals surface area contributed by atoms with Gasteiger partial charge < -0.3 is 10.2 Å². The molecule has 0 spiro atoms. The minimum atomic E-state index is -0.848. The molecule has 0 fully saturated rings. The van der Waals surface area contributed by atoms with Crippen molar-refractivity contribution in [1.29, 1.82) is 0 Å². The summed E-state index contributed by atoms with van der Waals surface area (Å²) in [6.07, 6.45) is 0.343. The summed E-state index contributed by atoms with van der Waals surface area (Å²) in [4.78, 5) is 9.98. The standard InChI is InChI=1S/C5H10O3.Na.H/c1-4(2-3-6)5(7)8;;/h4,6H,2-3H2,1H3,(H,7,8);;. The second-order valence-electron chi connectivity index (χ2n) is 1.75. The maximum atomic E-state index is 9.98. The van der Waals surface area contributed by atoms with Crippen molar-refractivity contribution in [1.82, 2.24) is 0 Å². The SMILES string of the molecule is CC(CCO)C(=O)O.[NaH]. The van der Waals surface area contributed by atoms with Crippen LogP contribution in [-0.2, 0) is 4.79 Å². The molecule has 0 saturated carbocycles. The molecular formula is C5H11NaO3. The Labute approximate surface area is 76.4 Å². The van der Waals surface area contributed by atoms with E-state index in [9.17, 15) is 4.79 Å². The molecule has 3 nitrogen and oxygen atoms in total. The Morgan fingerprint density at radius 3 is 2.22 bits per heavy atom. The summed E-state index contributed by atoms with van der Waals surface area (Å²) >= 11 is 0. The van der Waals surface area contributed by atoms with Crippen LogP contribution in [0.4, 0.5) is 0 Å². The molecule has 2 N–H and O–H groups in total. The number of carboxylic acids is 1. The molecule has 1 atom stereocenters. The molecule has 0 rings (SSSR count). The first kappa shape index (κ1) is 12.1. The van der Waals surface area contributed by atoms with E-state index in [1.165, 1.54) is 0 Å². The van der Waals surface area contributed by atoms with E-state index in [-0.39, 0.29) is 36.2 Å². The number of rotatable bonds is 3. The van der Waals surface area contributed by atoms with Crippen LogP contribution in [0.3, 0.4) is 0 Å². The Bertz CT molecular complexity index is 84.3. The van der Waals surface area contributed by atoms with Gasteiger partial charge in [-0.25, -0.2) is 0 Å². The summed E-state index contributed by atoms with van der Waals surface area (Å²) < 4.78 is 0. The molecule has 0 aromatic carbocycles. The van der Waals surface area contributed by atoms with E-state index >= 15 is 0 Å². The Kier molecular flexibility index (Phi) is 8.83. The summed E-state index contributed by atoms with van der Waals surface area (Å²) in [5, 5.41) is 16.4. The number of carboxylic acid groups (broad SMARTS) is 1. The molecule has 1 unspecified atom stereocenters. The van der Waals surface area contributed by atoms with Crippen molar-refractivity contribution in [3.05, 3.63) is 0 Å². The van der Waals surface area contributed by atoms with Crippen LogP contribution >= 0.6 is 0 Å². The second kappa shape index (κ2) is 6.55. The van der Waals surface area contributed by atoms with Crippen molar-refractivity contribution in [2.45, 2.75) is 13.3 Å². The third kappa shape index (κ3) is 6.31. The van der Waals surface area contributed by atoms with Crippen LogP contribution in [0.5, 0.6) is 0 Å². The fraction of sp³-hybridized carbons (Fsp3) is 0.800. The van der Waals surface area contributed by atoms with Crippen molar-refractivity contribution in [2.75, 3.05) is 6.61 Å². The Morgan fingerprint density at radius 2 is 2.11 bits per heavy atom. The van der Waals surface area contributed by atoms with E-state index in [2.05, 4.69) is 0 Å². The first-order valence-corrected chi connectivity index (χ1v) is 2.52. The van der Waals surface area contributed by atoms with Gasteiger partial charge in [0.15, 0.2) is 0 Å². The molecule has 0 saturated heterocycles. The summed E-state index contributed by atoms with van der Waals surface area (Å²) in [6, 6.07) is 0. The Morgan fingerprint density at radius 1 is 1.67 bits per heavy atom. The number of hydrogen-bond acceptors (Lipinski definition) is 2. The first-order valence-electron chi connectivity index (χ1n) is 2.52. The molecular weight excluding hydrogens is 131 g/mol.